The molecule has 2 aromatic heterocycles. The van der Waals surface area contributed by atoms with Gasteiger partial charge in [0.1, 0.15) is 17.6 Å². The van der Waals surface area contributed by atoms with Crippen LogP contribution in [0.25, 0.3) is 0 Å². The number of hydrogen-bond acceptors (Lipinski definition) is 6. The second-order valence-corrected chi connectivity index (χ2v) is 7.33. The Morgan fingerprint density at radius 1 is 1.38 bits per heavy atom. The molecule has 1 spiro atoms. The second kappa shape index (κ2) is 7.25. The first-order valence-corrected chi connectivity index (χ1v) is 9.24. The summed E-state index contributed by atoms with van der Waals surface area (Å²) in [6, 6.07) is 5.65. The molecule has 0 bridgehead atoms. The van der Waals surface area contributed by atoms with Gasteiger partial charge < -0.3 is 19.0 Å². The summed E-state index contributed by atoms with van der Waals surface area (Å²) in [6.07, 6.45) is 4.89. The lowest BCUT2D eigenvalue weighted by Crippen LogP contribution is -2.45. The van der Waals surface area contributed by atoms with Gasteiger partial charge in [0.05, 0.1) is 24.1 Å². The lowest BCUT2D eigenvalue weighted by molar-refractivity contribution is -0.141. The number of amides is 1. The molecule has 2 aliphatic heterocycles. The van der Waals surface area contributed by atoms with E-state index < -0.39 is 0 Å². The molecule has 1 atom stereocenters. The zero-order valence-corrected chi connectivity index (χ0v) is 15.1. The molecule has 2 aliphatic rings. The second-order valence-electron chi connectivity index (χ2n) is 7.33. The molecule has 7 heteroatoms. The fourth-order valence-electron chi connectivity index (χ4n) is 3.91. The van der Waals surface area contributed by atoms with Crippen LogP contribution in [0.4, 0.5) is 0 Å². The van der Waals surface area contributed by atoms with Gasteiger partial charge in [0.2, 0.25) is 5.91 Å². The Kier molecular flexibility index (Phi) is 4.82. The number of aryl methyl sites for hydroxylation is 1. The van der Waals surface area contributed by atoms with Crippen LogP contribution in [0.1, 0.15) is 42.9 Å². The van der Waals surface area contributed by atoms with Crippen molar-refractivity contribution in [2.75, 3.05) is 13.1 Å². The van der Waals surface area contributed by atoms with Gasteiger partial charge in [0.15, 0.2) is 0 Å². The molecule has 7 nitrogen and oxygen atoms in total. The van der Waals surface area contributed by atoms with E-state index in [1.807, 2.05) is 25.1 Å². The van der Waals surface area contributed by atoms with Crippen LogP contribution in [0.5, 0.6) is 0 Å². The molecule has 26 heavy (non-hydrogen) atoms. The van der Waals surface area contributed by atoms with Gasteiger partial charge in [-0.3, -0.25) is 9.69 Å². The lowest BCUT2D eigenvalue weighted by atomic mass is 9.88. The molecule has 4 heterocycles. The molecule has 0 saturated carbocycles. The highest BCUT2D eigenvalue weighted by Crippen LogP contribution is 2.39. The van der Waals surface area contributed by atoms with Crippen LogP contribution in [-0.2, 0) is 22.6 Å². The minimum Gasteiger partial charge on any atom is -0.467 e. The number of carbonyl (C=O) groups excluding carboxylic acids is 1. The van der Waals surface area contributed by atoms with Crippen LogP contribution >= 0.6 is 0 Å². The van der Waals surface area contributed by atoms with E-state index in [2.05, 4.69) is 15.4 Å². The van der Waals surface area contributed by atoms with Gasteiger partial charge in [-0.1, -0.05) is 5.16 Å². The molecule has 2 fully saturated rings. The summed E-state index contributed by atoms with van der Waals surface area (Å²) in [5.41, 5.74) is 0.823. The number of hydrogen-bond donors (Lipinski definition) is 1. The van der Waals surface area contributed by atoms with Gasteiger partial charge in [-0.2, -0.15) is 0 Å². The Labute approximate surface area is 152 Å². The van der Waals surface area contributed by atoms with Crippen molar-refractivity contribution < 1.29 is 18.5 Å². The maximum atomic E-state index is 12.4. The third-order valence-electron chi connectivity index (χ3n) is 5.39. The van der Waals surface area contributed by atoms with Crippen LogP contribution in [0.2, 0.25) is 0 Å². The highest BCUT2D eigenvalue weighted by Gasteiger charge is 2.44. The van der Waals surface area contributed by atoms with Gasteiger partial charge in [0.25, 0.3) is 0 Å². The third kappa shape index (κ3) is 3.83. The quantitative estimate of drug-likeness (QED) is 0.883. The van der Waals surface area contributed by atoms with Gasteiger partial charge in [-0.15, -0.1) is 0 Å². The summed E-state index contributed by atoms with van der Waals surface area (Å²) in [4.78, 5) is 14.7. The summed E-state index contributed by atoms with van der Waals surface area (Å²) in [6.45, 7) is 5.02. The molecule has 2 aromatic rings. The molecule has 140 valence electrons. The van der Waals surface area contributed by atoms with Gasteiger partial charge in [-0.25, -0.2) is 0 Å². The van der Waals surface area contributed by atoms with Crippen molar-refractivity contribution in [2.24, 2.45) is 0 Å². The number of likely N-dealkylation sites (tertiary alicyclic amines) is 1. The zero-order valence-electron chi connectivity index (χ0n) is 15.1. The van der Waals surface area contributed by atoms with Crippen LogP contribution in [0.15, 0.2) is 33.4 Å². The van der Waals surface area contributed by atoms with E-state index in [1.54, 1.807) is 6.26 Å². The fraction of sp³-hybridized carbons (Fsp3) is 0.579. The first kappa shape index (κ1) is 17.3. The minimum absolute atomic E-state index is 0.0428. The van der Waals surface area contributed by atoms with E-state index in [4.69, 9.17) is 13.7 Å². The topological polar surface area (TPSA) is 80.7 Å². The smallest absolute Gasteiger partial charge is 0.249 e. The fourth-order valence-corrected chi connectivity index (χ4v) is 3.91. The Bertz CT molecular complexity index is 732. The Morgan fingerprint density at radius 3 is 2.92 bits per heavy atom. The van der Waals surface area contributed by atoms with Crippen LogP contribution in [0.3, 0.4) is 0 Å². The van der Waals surface area contributed by atoms with Crippen LogP contribution in [0, 0.1) is 6.92 Å². The summed E-state index contributed by atoms with van der Waals surface area (Å²) in [7, 11) is 0. The number of aromatic nitrogens is 1. The van der Waals surface area contributed by atoms with E-state index in [0.717, 1.165) is 62.5 Å². The first-order valence-electron chi connectivity index (χ1n) is 9.24. The number of rotatable bonds is 5. The average Bonchev–Trinajstić information content (AvgIpc) is 3.37. The number of nitrogens with zero attached hydrogens (tertiary/aromatic N) is 2. The molecule has 4 rings (SSSR count). The first-order chi connectivity index (χ1) is 12.6. The predicted molar refractivity (Wildman–Crippen MR) is 93.1 cm³/mol. The molecule has 0 aliphatic carbocycles. The van der Waals surface area contributed by atoms with E-state index in [9.17, 15) is 4.79 Å². The largest absolute Gasteiger partial charge is 0.467 e. The standard InChI is InChI=1S/C19H25N3O4/c1-14-11-15(21-26-14)13-22-8-6-19(7-9-22)5-4-17(25-19)18(23)20-12-16-3-2-10-24-16/h2-3,10-11,17H,4-9,12-13H2,1H3,(H,20,23). The summed E-state index contributed by atoms with van der Waals surface area (Å²) >= 11 is 0. The maximum Gasteiger partial charge on any atom is 0.249 e. The monoisotopic (exact) mass is 359 g/mol. The van der Waals surface area contributed by atoms with E-state index in [-0.39, 0.29) is 17.6 Å². The average molecular weight is 359 g/mol. The van der Waals surface area contributed by atoms with Gasteiger partial charge >= 0.3 is 0 Å². The number of nitrogens with one attached hydrogen (secondary N) is 1. The lowest BCUT2D eigenvalue weighted by Gasteiger charge is -2.38. The van der Waals surface area contributed by atoms with Crippen molar-refractivity contribution in [3.05, 3.63) is 41.7 Å². The number of piperidine rings is 1. The molecular formula is C19H25N3O4. The maximum absolute atomic E-state index is 12.4. The zero-order chi connectivity index (χ0) is 18.0. The van der Waals surface area contributed by atoms with E-state index in [1.165, 1.54) is 0 Å². The van der Waals surface area contributed by atoms with Crippen molar-refractivity contribution in [3.63, 3.8) is 0 Å². The predicted octanol–water partition coefficient (Wildman–Crippen LogP) is 2.41. The van der Waals surface area contributed by atoms with Crippen molar-refractivity contribution in [1.82, 2.24) is 15.4 Å². The van der Waals surface area contributed by atoms with Crippen molar-refractivity contribution in [2.45, 2.75) is 57.4 Å². The SMILES string of the molecule is Cc1cc(CN2CCC3(CCC(C(=O)NCc4ccco4)O3)CC2)no1. The van der Waals surface area contributed by atoms with E-state index in [0.29, 0.717) is 6.54 Å². The third-order valence-corrected chi connectivity index (χ3v) is 5.39. The Hall–Kier alpha value is -2.12. The Morgan fingerprint density at radius 2 is 2.23 bits per heavy atom. The van der Waals surface area contributed by atoms with Crippen LogP contribution < -0.4 is 5.32 Å². The molecule has 0 aromatic carbocycles. The van der Waals surface area contributed by atoms with Gasteiger partial charge in [-0.05, 0) is 44.7 Å². The van der Waals surface area contributed by atoms with Crippen LogP contribution in [-0.4, -0.2) is 40.8 Å². The van der Waals surface area contributed by atoms with Crippen molar-refractivity contribution in [1.29, 1.82) is 0 Å². The molecule has 1 N–H and O–H groups in total. The van der Waals surface area contributed by atoms with Gasteiger partial charge in [0, 0.05) is 25.7 Å². The summed E-state index contributed by atoms with van der Waals surface area (Å²) < 4.78 is 16.6. The molecule has 2 saturated heterocycles. The number of furan rings is 1. The normalized spacial score (nSPS) is 22.7. The highest BCUT2D eigenvalue weighted by molar-refractivity contribution is 5.81. The summed E-state index contributed by atoms with van der Waals surface area (Å²) in [5, 5.41) is 6.97. The molecule has 0 radical (unpaired) electrons. The molecule has 1 unspecified atom stereocenters. The molecular weight excluding hydrogens is 334 g/mol. The molecule has 1 amide bonds. The number of ether oxygens (including phenoxy) is 1. The van der Waals surface area contributed by atoms with Crippen molar-refractivity contribution >= 4 is 5.91 Å². The summed E-state index contributed by atoms with van der Waals surface area (Å²) in [5.74, 6) is 1.55. The Balaban J connectivity index is 1.25. The highest BCUT2D eigenvalue weighted by atomic mass is 16.5. The van der Waals surface area contributed by atoms with Crippen molar-refractivity contribution in [3.8, 4) is 0 Å². The van der Waals surface area contributed by atoms with E-state index >= 15 is 0 Å². The number of carbonyl (C=O) groups is 1. The minimum atomic E-state index is -0.352.